The van der Waals surface area contributed by atoms with Crippen LogP contribution in [-0.4, -0.2) is 6.18 Å². The molecular formula is C17H27F3. The van der Waals surface area contributed by atoms with Crippen molar-refractivity contribution in [1.29, 1.82) is 0 Å². The quantitative estimate of drug-likeness (QED) is 0.548. The van der Waals surface area contributed by atoms with Gasteiger partial charge in [-0.25, -0.2) is 0 Å². The predicted molar refractivity (Wildman–Crippen MR) is 76.4 cm³/mol. The van der Waals surface area contributed by atoms with E-state index in [9.17, 15) is 13.2 Å². The highest BCUT2D eigenvalue weighted by molar-refractivity contribution is 4.96. The number of hydrogen-bond acceptors (Lipinski definition) is 0. The van der Waals surface area contributed by atoms with E-state index < -0.39 is 6.18 Å². The molecule has 2 aliphatic carbocycles. The maximum atomic E-state index is 12.2. The molecule has 2 fully saturated rings. The summed E-state index contributed by atoms with van der Waals surface area (Å²) in [7, 11) is 0. The van der Waals surface area contributed by atoms with Gasteiger partial charge in [-0.05, 0) is 62.2 Å². The van der Waals surface area contributed by atoms with E-state index in [2.05, 4.69) is 6.92 Å². The van der Waals surface area contributed by atoms with Crippen LogP contribution in [0.5, 0.6) is 0 Å². The van der Waals surface area contributed by atoms with E-state index in [1.165, 1.54) is 38.2 Å². The molecule has 0 heterocycles. The van der Waals surface area contributed by atoms with E-state index in [0.717, 1.165) is 43.4 Å². The van der Waals surface area contributed by atoms with Gasteiger partial charge in [-0.1, -0.05) is 32.3 Å². The fraction of sp³-hybridized carbons (Fsp3) is 0.882. The lowest BCUT2D eigenvalue weighted by molar-refractivity contribution is -0.0803. The van der Waals surface area contributed by atoms with Crippen LogP contribution in [0, 0.1) is 23.7 Å². The molecular weight excluding hydrogens is 261 g/mol. The van der Waals surface area contributed by atoms with Crippen LogP contribution >= 0.6 is 0 Å². The Kier molecular flexibility index (Phi) is 5.57. The van der Waals surface area contributed by atoms with Crippen molar-refractivity contribution in [3.8, 4) is 0 Å². The molecule has 0 radical (unpaired) electrons. The zero-order valence-electron chi connectivity index (χ0n) is 12.5. The summed E-state index contributed by atoms with van der Waals surface area (Å²) in [6, 6.07) is 0. The molecule has 0 aromatic rings. The average Bonchev–Trinajstić information content (AvgIpc) is 2.45. The van der Waals surface area contributed by atoms with Gasteiger partial charge in [0.05, 0.1) is 0 Å². The Balaban J connectivity index is 1.73. The highest BCUT2D eigenvalue weighted by atomic mass is 19.4. The first kappa shape index (κ1) is 15.9. The first-order valence-electron chi connectivity index (χ1n) is 8.24. The van der Waals surface area contributed by atoms with E-state index in [-0.39, 0.29) is 5.92 Å². The van der Waals surface area contributed by atoms with Gasteiger partial charge in [0.2, 0.25) is 0 Å². The standard InChI is InChI=1S/C17H27F3/c1-2-13-3-7-15(8-4-13)16-9-5-14(6-10-16)11-12-17(18,19)20/h11-16H,2-10H2,1H3. The molecule has 0 bridgehead atoms. The first-order chi connectivity index (χ1) is 9.48. The molecule has 0 nitrogen and oxygen atoms in total. The van der Waals surface area contributed by atoms with Crippen molar-refractivity contribution in [2.75, 3.05) is 0 Å². The van der Waals surface area contributed by atoms with Gasteiger partial charge in [-0.2, -0.15) is 13.2 Å². The minimum atomic E-state index is -4.14. The van der Waals surface area contributed by atoms with Gasteiger partial charge in [-0.3, -0.25) is 0 Å². The molecule has 2 aliphatic rings. The third-order valence-corrected chi connectivity index (χ3v) is 5.51. The summed E-state index contributed by atoms with van der Waals surface area (Å²) in [4.78, 5) is 0. The molecule has 0 unspecified atom stereocenters. The average molecular weight is 288 g/mol. The Labute approximate surface area is 120 Å². The summed E-state index contributed by atoms with van der Waals surface area (Å²) in [5.74, 6) is 2.71. The lowest BCUT2D eigenvalue weighted by Gasteiger charge is -2.37. The van der Waals surface area contributed by atoms with E-state index >= 15 is 0 Å². The van der Waals surface area contributed by atoms with E-state index in [1.54, 1.807) is 0 Å². The van der Waals surface area contributed by atoms with Crippen LogP contribution in [0.4, 0.5) is 13.2 Å². The fourth-order valence-electron chi connectivity index (χ4n) is 4.12. The summed E-state index contributed by atoms with van der Waals surface area (Å²) >= 11 is 0. The van der Waals surface area contributed by atoms with Gasteiger partial charge in [0.15, 0.2) is 0 Å². The smallest absolute Gasteiger partial charge is 0.167 e. The largest absolute Gasteiger partial charge is 0.409 e. The van der Waals surface area contributed by atoms with Crippen molar-refractivity contribution in [3.05, 3.63) is 12.2 Å². The van der Waals surface area contributed by atoms with Gasteiger partial charge >= 0.3 is 6.18 Å². The third kappa shape index (κ3) is 4.82. The maximum absolute atomic E-state index is 12.2. The van der Waals surface area contributed by atoms with Crippen molar-refractivity contribution >= 4 is 0 Å². The zero-order valence-corrected chi connectivity index (χ0v) is 12.5. The molecule has 2 rings (SSSR count). The van der Waals surface area contributed by atoms with E-state index in [4.69, 9.17) is 0 Å². The van der Waals surface area contributed by atoms with Gasteiger partial charge < -0.3 is 0 Å². The fourth-order valence-corrected chi connectivity index (χ4v) is 4.12. The van der Waals surface area contributed by atoms with Crippen molar-refractivity contribution in [1.82, 2.24) is 0 Å². The second-order valence-corrected chi connectivity index (χ2v) is 6.76. The molecule has 2 saturated carbocycles. The lowest BCUT2D eigenvalue weighted by atomic mass is 9.69. The van der Waals surface area contributed by atoms with Crippen LogP contribution in [0.3, 0.4) is 0 Å². The van der Waals surface area contributed by atoms with E-state index in [0.29, 0.717) is 6.08 Å². The van der Waals surface area contributed by atoms with Crippen LogP contribution in [0.1, 0.15) is 64.7 Å². The van der Waals surface area contributed by atoms with Crippen LogP contribution in [-0.2, 0) is 0 Å². The molecule has 0 spiro atoms. The summed E-state index contributed by atoms with van der Waals surface area (Å²) in [6.45, 7) is 2.28. The molecule has 116 valence electrons. The molecule has 0 amide bonds. The summed E-state index contributed by atoms with van der Waals surface area (Å²) in [5.41, 5.74) is 0. The van der Waals surface area contributed by atoms with Gasteiger partial charge in [0.1, 0.15) is 0 Å². The van der Waals surface area contributed by atoms with Crippen LogP contribution in [0.25, 0.3) is 0 Å². The highest BCUT2D eigenvalue weighted by Crippen LogP contribution is 2.42. The number of halogens is 3. The number of rotatable bonds is 3. The Bertz CT molecular complexity index is 303. The first-order valence-corrected chi connectivity index (χ1v) is 8.24. The minimum absolute atomic E-state index is 0.153. The maximum Gasteiger partial charge on any atom is 0.409 e. The zero-order chi connectivity index (χ0) is 14.6. The van der Waals surface area contributed by atoms with Crippen molar-refractivity contribution in [3.63, 3.8) is 0 Å². The summed E-state index contributed by atoms with van der Waals surface area (Å²) in [5, 5.41) is 0. The predicted octanol–water partition coefficient (Wildman–Crippen LogP) is 6.13. The van der Waals surface area contributed by atoms with Crippen molar-refractivity contribution in [2.45, 2.75) is 70.9 Å². The molecule has 20 heavy (non-hydrogen) atoms. The number of hydrogen-bond donors (Lipinski definition) is 0. The van der Waals surface area contributed by atoms with Crippen molar-refractivity contribution in [2.24, 2.45) is 23.7 Å². The Morgan fingerprint density at radius 2 is 1.35 bits per heavy atom. The molecule has 0 atom stereocenters. The van der Waals surface area contributed by atoms with E-state index in [1.807, 2.05) is 0 Å². The SMILES string of the molecule is CCC1CCC(C2CCC(C=CC(F)(F)F)CC2)CC1. The van der Waals surface area contributed by atoms with Crippen LogP contribution in [0.2, 0.25) is 0 Å². The number of allylic oxidation sites excluding steroid dienone is 2. The number of alkyl halides is 3. The van der Waals surface area contributed by atoms with Crippen LogP contribution in [0.15, 0.2) is 12.2 Å². The van der Waals surface area contributed by atoms with Crippen molar-refractivity contribution < 1.29 is 13.2 Å². The molecule has 0 aromatic carbocycles. The third-order valence-electron chi connectivity index (χ3n) is 5.51. The normalized spacial score (nSPS) is 36.4. The van der Waals surface area contributed by atoms with Gasteiger partial charge in [0, 0.05) is 6.08 Å². The Morgan fingerprint density at radius 3 is 1.80 bits per heavy atom. The second kappa shape index (κ2) is 7.00. The van der Waals surface area contributed by atoms with Crippen LogP contribution < -0.4 is 0 Å². The molecule has 0 saturated heterocycles. The minimum Gasteiger partial charge on any atom is -0.167 e. The van der Waals surface area contributed by atoms with Gasteiger partial charge in [0.25, 0.3) is 0 Å². The summed E-state index contributed by atoms with van der Waals surface area (Å²) in [6.07, 6.45) is 8.60. The molecule has 3 heteroatoms. The lowest BCUT2D eigenvalue weighted by Crippen LogP contribution is -2.25. The topological polar surface area (TPSA) is 0 Å². The Hall–Kier alpha value is -0.470. The monoisotopic (exact) mass is 288 g/mol. The summed E-state index contributed by atoms with van der Waals surface area (Å²) < 4.78 is 36.5. The van der Waals surface area contributed by atoms with Gasteiger partial charge in [-0.15, -0.1) is 0 Å². The second-order valence-electron chi connectivity index (χ2n) is 6.76. The molecule has 0 aromatic heterocycles. The highest BCUT2D eigenvalue weighted by Gasteiger charge is 2.30. The Morgan fingerprint density at radius 1 is 0.850 bits per heavy atom. The molecule has 0 N–H and O–H groups in total. The molecule has 0 aliphatic heterocycles.